The first kappa shape index (κ1) is 19.8. The summed E-state index contributed by atoms with van der Waals surface area (Å²) < 4.78 is 6.98. The summed E-state index contributed by atoms with van der Waals surface area (Å²) in [7, 11) is 0. The summed E-state index contributed by atoms with van der Waals surface area (Å²) >= 11 is 0. The molecule has 1 aromatic carbocycles. The fourth-order valence-electron chi connectivity index (χ4n) is 3.27. The van der Waals surface area contributed by atoms with E-state index in [1.54, 1.807) is 12.1 Å². The van der Waals surface area contributed by atoms with E-state index in [1.165, 1.54) is 23.3 Å². The number of rotatable bonds is 6. The molecule has 1 fully saturated rings. The number of azide groups is 1. The normalized spacial score (nSPS) is 23.4. The zero-order valence-corrected chi connectivity index (χ0v) is 15.4. The van der Waals surface area contributed by atoms with E-state index < -0.39 is 31.1 Å². The molecule has 0 bridgehead atoms. The van der Waals surface area contributed by atoms with Gasteiger partial charge in [0, 0.05) is 22.7 Å². The van der Waals surface area contributed by atoms with Gasteiger partial charge in [-0.05, 0) is 11.6 Å². The number of imidazole rings is 1. The number of anilines is 1. The Labute approximate surface area is 168 Å². The molecule has 0 aliphatic carbocycles. The van der Waals surface area contributed by atoms with E-state index >= 15 is 0 Å². The lowest BCUT2D eigenvalue weighted by molar-refractivity contribution is -0.0511. The molecule has 13 nitrogen and oxygen atoms in total. The molecule has 0 saturated carbocycles. The zero-order valence-electron chi connectivity index (χ0n) is 15.4. The van der Waals surface area contributed by atoms with Crippen molar-refractivity contribution < 1.29 is 25.2 Å². The Kier molecular flexibility index (Phi) is 5.35. The number of phenols is 1. The van der Waals surface area contributed by atoms with Crippen LogP contribution in [-0.2, 0) is 11.3 Å². The number of nitrogens with zero attached hydrogens (tertiary/aromatic N) is 7. The highest BCUT2D eigenvalue weighted by Crippen LogP contribution is 2.32. The number of aliphatic hydroxyl groups is 3. The van der Waals surface area contributed by atoms with Gasteiger partial charge in [-0.15, -0.1) is 0 Å². The molecule has 4 atom stereocenters. The summed E-state index contributed by atoms with van der Waals surface area (Å²) in [6.07, 6.45) is -1.70. The summed E-state index contributed by atoms with van der Waals surface area (Å²) in [6.45, 7) is -0.236. The Morgan fingerprint density at radius 1 is 1.23 bits per heavy atom. The molecule has 2 aromatic heterocycles. The molecule has 0 radical (unpaired) electrons. The van der Waals surface area contributed by atoms with Crippen LogP contribution in [0.5, 0.6) is 5.75 Å². The van der Waals surface area contributed by atoms with Crippen molar-refractivity contribution in [2.24, 2.45) is 5.11 Å². The molecule has 0 unspecified atom stereocenters. The second kappa shape index (κ2) is 8.10. The smallest absolute Gasteiger partial charge is 0.167 e. The zero-order chi connectivity index (χ0) is 21.3. The Balaban J connectivity index is 1.58. The van der Waals surface area contributed by atoms with Crippen LogP contribution in [0.3, 0.4) is 0 Å². The van der Waals surface area contributed by atoms with Gasteiger partial charge in [0.15, 0.2) is 23.2 Å². The number of phenolic OH excluding ortho intramolecular Hbond substituents is 1. The van der Waals surface area contributed by atoms with Gasteiger partial charge in [-0.25, -0.2) is 15.0 Å². The van der Waals surface area contributed by atoms with Crippen LogP contribution >= 0.6 is 0 Å². The highest BCUT2D eigenvalue weighted by molar-refractivity contribution is 5.82. The SMILES string of the molecule is [N-]=[N+]=Nc1ccc(CNc2ncnc3c2ncn3[C@@H]2O[C@H](CO)[C@@H](O)[C@H]2O)c(O)c1. The minimum Gasteiger partial charge on any atom is -0.508 e. The van der Waals surface area contributed by atoms with E-state index in [0.717, 1.165) is 0 Å². The quantitative estimate of drug-likeness (QED) is 0.219. The van der Waals surface area contributed by atoms with E-state index in [0.29, 0.717) is 28.2 Å². The largest absolute Gasteiger partial charge is 0.508 e. The second-order valence-corrected chi connectivity index (χ2v) is 6.63. The third-order valence-electron chi connectivity index (χ3n) is 4.83. The Morgan fingerprint density at radius 3 is 2.77 bits per heavy atom. The van der Waals surface area contributed by atoms with Crippen molar-refractivity contribution in [2.45, 2.75) is 31.1 Å². The predicted octanol–water partition coefficient (Wildman–Crippen LogP) is 0.697. The summed E-state index contributed by atoms with van der Waals surface area (Å²) in [5.41, 5.74) is 10.0. The Morgan fingerprint density at radius 2 is 2.07 bits per heavy atom. The second-order valence-electron chi connectivity index (χ2n) is 6.63. The van der Waals surface area contributed by atoms with Crippen LogP contribution in [0.1, 0.15) is 11.8 Å². The molecule has 1 saturated heterocycles. The summed E-state index contributed by atoms with van der Waals surface area (Å²) in [5, 5.41) is 46.1. The fourth-order valence-corrected chi connectivity index (χ4v) is 3.27. The van der Waals surface area contributed by atoms with Crippen molar-refractivity contribution in [1.82, 2.24) is 19.5 Å². The van der Waals surface area contributed by atoms with E-state index in [1.807, 2.05) is 0 Å². The summed E-state index contributed by atoms with van der Waals surface area (Å²) in [5.74, 6) is 0.332. The standard InChI is InChI=1S/C17H18N8O5/c18-24-23-9-2-1-8(10(27)3-9)4-19-15-12-16(21-6-20-15)25(7-22-12)17-14(29)13(28)11(5-26)30-17/h1-3,6-7,11,13-14,17,26-29H,4-5H2,(H,19,20,21)/t11-,13-,14-,17-/m1/s1. The van der Waals surface area contributed by atoms with Gasteiger partial charge in [-0.3, -0.25) is 4.57 Å². The average Bonchev–Trinajstić information content (AvgIpc) is 3.29. The number of ether oxygens (including phenoxy) is 1. The lowest BCUT2D eigenvalue weighted by Crippen LogP contribution is -2.33. The van der Waals surface area contributed by atoms with Crippen LogP contribution in [0.25, 0.3) is 21.6 Å². The molecule has 3 heterocycles. The van der Waals surface area contributed by atoms with E-state index in [4.69, 9.17) is 10.3 Å². The van der Waals surface area contributed by atoms with Gasteiger partial charge in [0.1, 0.15) is 30.4 Å². The van der Waals surface area contributed by atoms with E-state index in [9.17, 15) is 20.4 Å². The average molecular weight is 414 g/mol. The van der Waals surface area contributed by atoms with Crippen molar-refractivity contribution in [2.75, 3.05) is 11.9 Å². The summed E-state index contributed by atoms with van der Waals surface area (Å²) in [6, 6.07) is 4.54. The fraction of sp³-hybridized carbons (Fsp3) is 0.353. The third kappa shape index (κ3) is 3.47. The topological polar surface area (TPSA) is 195 Å². The van der Waals surface area contributed by atoms with Crippen LogP contribution in [-0.4, -0.2) is 64.9 Å². The molecule has 1 aliphatic heterocycles. The van der Waals surface area contributed by atoms with Crippen LogP contribution < -0.4 is 5.32 Å². The van der Waals surface area contributed by atoms with Crippen molar-refractivity contribution in [3.63, 3.8) is 0 Å². The number of aromatic nitrogens is 4. The van der Waals surface area contributed by atoms with Gasteiger partial charge in [-0.2, -0.15) is 0 Å². The summed E-state index contributed by atoms with van der Waals surface area (Å²) in [4.78, 5) is 15.3. The molecule has 0 spiro atoms. The van der Waals surface area contributed by atoms with Crippen molar-refractivity contribution in [3.8, 4) is 5.75 Å². The van der Waals surface area contributed by atoms with Gasteiger partial charge in [0.05, 0.1) is 12.9 Å². The molecule has 5 N–H and O–H groups in total. The van der Waals surface area contributed by atoms with Crippen molar-refractivity contribution in [3.05, 3.63) is 46.9 Å². The first-order chi connectivity index (χ1) is 14.5. The lowest BCUT2D eigenvalue weighted by Gasteiger charge is -2.16. The van der Waals surface area contributed by atoms with Gasteiger partial charge in [0.2, 0.25) is 0 Å². The maximum atomic E-state index is 10.3. The number of fused-ring (bicyclic) bond motifs is 1. The first-order valence-corrected chi connectivity index (χ1v) is 8.94. The van der Waals surface area contributed by atoms with Crippen LogP contribution in [0.4, 0.5) is 11.5 Å². The molecule has 3 aromatic rings. The maximum absolute atomic E-state index is 10.3. The number of hydrogen-bond donors (Lipinski definition) is 5. The van der Waals surface area contributed by atoms with Gasteiger partial charge >= 0.3 is 0 Å². The number of nitrogens with one attached hydrogen (secondary N) is 1. The monoisotopic (exact) mass is 414 g/mol. The minimum absolute atomic E-state index is 0.0465. The molecule has 4 rings (SSSR count). The number of benzene rings is 1. The molecular formula is C17H18N8O5. The highest BCUT2D eigenvalue weighted by atomic mass is 16.6. The molecule has 1 aliphatic rings. The van der Waals surface area contributed by atoms with E-state index in [2.05, 4.69) is 30.3 Å². The molecule has 156 valence electrons. The van der Waals surface area contributed by atoms with Crippen LogP contribution in [0, 0.1) is 0 Å². The number of aromatic hydroxyl groups is 1. The van der Waals surface area contributed by atoms with Crippen molar-refractivity contribution in [1.29, 1.82) is 0 Å². The maximum Gasteiger partial charge on any atom is 0.167 e. The third-order valence-corrected chi connectivity index (χ3v) is 4.83. The van der Waals surface area contributed by atoms with Crippen molar-refractivity contribution >= 4 is 22.7 Å². The highest BCUT2D eigenvalue weighted by Gasteiger charge is 2.44. The van der Waals surface area contributed by atoms with Gasteiger partial charge < -0.3 is 30.5 Å². The first-order valence-electron chi connectivity index (χ1n) is 8.94. The molecular weight excluding hydrogens is 396 g/mol. The Bertz CT molecular complexity index is 1110. The van der Waals surface area contributed by atoms with Gasteiger partial charge in [-0.1, -0.05) is 17.2 Å². The van der Waals surface area contributed by atoms with E-state index in [-0.39, 0.29) is 12.3 Å². The number of aliphatic hydroxyl groups excluding tert-OH is 3. The van der Waals surface area contributed by atoms with Crippen LogP contribution in [0.2, 0.25) is 0 Å². The molecule has 0 amide bonds. The number of hydrogen-bond acceptors (Lipinski definition) is 10. The minimum atomic E-state index is -1.27. The lowest BCUT2D eigenvalue weighted by atomic mass is 10.1. The van der Waals surface area contributed by atoms with Gasteiger partial charge in [0.25, 0.3) is 0 Å². The Hall–Kier alpha value is -3.48. The predicted molar refractivity (Wildman–Crippen MR) is 103 cm³/mol. The molecule has 30 heavy (non-hydrogen) atoms. The molecule has 13 heteroatoms. The van der Waals surface area contributed by atoms with Crippen LogP contribution in [0.15, 0.2) is 36.0 Å².